The highest BCUT2D eigenvalue weighted by Gasteiger charge is 2.45. The number of phosphoric ester groups is 1. The molecule has 0 bridgehead atoms. The van der Waals surface area contributed by atoms with Crippen LogP contribution in [0.15, 0.2) is 23.8 Å². The zero-order chi connectivity index (χ0) is 32.1. The molecule has 0 amide bonds. The smallest absolute Gasteiger partial charge is 0.382 e. The molecule has 6 rings (SSSR count). The molecule has 2 fully saturated rings. The van der Waals surface area contributed by atoms with E-state index in [1.807, 2.05) is 0 Å². The van der Waals surface area contributed by atoms with E-state index in [4.69, 9.17) is 25.1 Å². The summed E-state index contributed by atoms with van der Waals surface area (Å²) in [5.41, 5.74) is 11.4. The van der Waals surface area contributed by atoms with E-state index in [0.717, 1.165) is 6.33 Å². The molecular weight excluding hydrogens is 648 g/mol. The van der Waals surface area contributed by atoms with Gasteiger partial charge in [-0.2, -0.15) is 18.1 Å². The van der Waals surface area contributed by atoms with Gasteiger partial charge in [0.2, 0.25) is 5.95 Å². The fourth-order valence-corrected chi connectivity index (χ4v) is 6.49. The largest absolute Gasteiger partial charge is 0.469 e. The predicted molar refractivity (Wildman–Crippen MR) is 149 cm³/mol. The summed E-state index contributed by atoms with van der Waals surface area (Å²) in [6.07, 6.45) is -3.69. The first-order chi connectivity index (χ1) is 21.3. The normalized spacial score (nSPS) is 26.2. The van der Waals surface area contributed by atoms with E-state index in [9.17, 15) is 27.6 Å². The Morgan fingerprint density at radius 1 is 1.09 bits per heavy atom. The molecule has 2 saturated heterocycles. The Kier molecular flexibility index (Phi) is 8.30. The molecule has 21 nitrogen and oxygen atoms in total. The maximum Gasteiger partial charge on any atom is 0.469 e. The number of anilines is 2. The second-order valence-corrected chi connectivity index (χ2v) is 12.8. The highest BCUT2D eigenvalue weighted by atomic mass is 32.2. The number of nitrogens with two attached hydrogens (primary N) is 2. The summed E-state index contributed by atoms with van der Waals surface area (Å²) in [7, 11) is -9.75. The van der Waals surface area contributed by atoms with Crippen molar-refractivity contribution in [2.75, 3.05) is 24.6 Å². The van der Waals surface area contributed by atoms with E-state index < -0.39 is 73.7 Å². The highest BCUT2D eigenvalue weighted by Crippen LogP contribution is 2.39. The van der Waals surface area contributed by atoms with Gasteiger partial charge in [0.15, 0.2) is 22.6 Å². The number of imidazole rings is 2. The van der Waals surface area contributed by atoms with Gasteiger partial charge in [-0.25, -0.2) is 33.1 Å². The zero-order valence-corrected chi connectivity index (χ0v) is 24.6. The van der Waals surface area contributed by atoms with Crippen LogP contribution >= 0.6 is 7.82 Å². The number of rotatable bonds is 10. The summed E-state index contributed by atoms with van der Waals surface area (Å²) in [5, 5.41) is 0. The fourth-order valence-electron chi connectivity index (χ4n) is 5.15. The van der Waals surface area contributed by atoms with Crippen molar-refractivity contribution in [1.29, 1.82) is 0 Å². The van der Waals surface area contributed by atoms with Gasteiger partial charge in [0, 0.05) is 13.0 Å². The molecule has 0 unspecified atom stereocenters. The molecule has 0 aliphatic carbocycles. The molecule has 2 aliphatic rings. The van der Waals surface area contributed by atoms with Gasteiger partial charge in [-0.05, 0) is 12.8 Å². The van der Waals surface area contributed by atoms with Gasteiger partial charge in [-0.3, -0.25) is 23.4 Å². The van der Waals surface area contributed by atoms with Crippen molar-refractivity contribution in [3.63, 3.8) is 0 Å². The summed E-state index contributed by atoms with van der Waals surface area (Å²) < 4.78 is 79.2. The van der Waals surface area contributed by atoms with Gasteiger partial charge in [-0.1, -0.05) is 0 Å². The number of phosphoric acid groups is 1. The molecule has 244 valence electrons. The molecule has 4 aromatic heterocycles. The molecular formula is C21H27FN11O10PS. The predicted octanol–water partition coefficient (Wildman–Crippen LogP) is -1.24. The van der Waals surface area contributed by atoms with Crippen LogP contribution < -0.4 is 21.7 Å². The number of nitrogens with zero attached hydrogens (tertiary/aromatic N) is 7. The van der Waals surface area contributed by atoms with Crippen LogP contribution in [0.1, 0.15) is 31.7 Å². The number of nitrogen functional groups attached to an aromatic ring is 2. The van der Waals surface area contributed by atoms with Crippen LogP contribution in [-0.4, -0.2) is 94.9 Å². The lowest BCUT2D eigenvalue weighted by molar-refractivity contribution is -0.175. The first kappa shape index (κ1) is 31.3. The average Bonchev–Trinajstić information content (AvgIpc) is 3.70. The van der Waals surface area contributed by atoms with E-state index in [-0.39, 0.29) is 29.5 Å². The van der Waals surface area contributed by atoms with E-state index >= 15 is 4.39 Å². The van der Waals surface area contributed by atoms with Crippen LogP contribution in [0.5, 0.6) is 0 Å². The number of H-pyrrole nitrogens is 1. The van der Waals surface area contributed by atoms with E-state index in [2.05, 4.69) is 39.1 Å². The van der Waals surface area contributed by atoms with Gasteiger partial charge in [0.1, 0.15) is 42.7 Å². The lowest BCUT2D eigenvalue weighted by Gasteiger charge is -2.38. The monoisotopic (exact) mass is 675 g/mol. The average molecular weight is 676 g/mol. The number of hydrogen-bond donors (Lipinski definition) is 6. The summed E-state index contributed by atoms with van der Waals surface area (Å²) in [6, 6.07) is 0. The van der Waals surface area contributed by atoms with E-state index in [1.54, 1.807) is 4.57 Å². The number of aromatic nitrogens is 8. The Morgan fingerprint density at radius 3 is 2.58 bits per heavy atom. The SMILES string of the molecule is Nc1nc2c(ncn2[C@H]2C[C@@H](F)[C@H](OS(=O)(=O)NC[C@@H]3CC[C@H](n4cnc5c(N)ncnc54)O3)[C@@H](COP(=O)(O)O)O2)c(=O)[nH]1. The lowest BCUT2D eigenvalue weighted by Crippen LogP contribution is -2.51. The third-order valence-electron chi connectivity index (χ3n) is 7.16. The Hall–Kier alpha value is -3.67. The minimum atomic E-state index is -5.09. The van der Waals surface area contributed by atoms with Crippen LogP contribution in [0.4, 0.5) is 16.2 Å². The number of fused-ring (bicyclic) bond motifs is 2. The minimum absolute atomic E-state index is 0.0637. The Balaban J connectivity index is 1.13. The lowest BCUT2D eigenvalue weighted by atomic mass is 10.0. The maximum atomic E-state index is 15.6. The Morgan fingerprint density at radius 2 is 1.82 bits per heavy atom. The summed E-state index contributed by atoms with van der Waals surface area (Å²) in [4.78, 5) is 53.0. The second-order valence-electron chi connectivity index (χ2n) is 10.2. The standard InChI is InChI=1S/C21H27FN11O10PS/c22-10-3-13(33-8-28-15-19(33)30-21(24)31-20(15)34)42-11(5-40-44(35,36)37)16(10)43-45(38,39)29-4-9-1-2-12(41-9)32-7-27-14-17(23)25-6-26-18(14)32/h6-13,16,29H,1-5H2,(H2,23,25,26)(H2,35,36,37)(H3,24,30,31,34)/t9-,10+,11+,12+,13+,16-/m0/s1. The summed E-state index contributed by atoms with van der Waals surface area (Å²) in [6.45, 7) is -1.20. The van der Waals surface area contributed by atoms with Crippen molar-refractivity contribution < 1.29 is 45.3 Å². The van der Waals surface area contributed by atoms with Crippen molar-refractivity contribution in [3.8, 4) is 0 Å². The van der Waals surface area contributed by atoms with Crippen LogP contribution in [0.2, 0.25) is 0 Å². The van der Waals surface area contributed by atoms with Crippen LogP contribution in [0.25, 0.3) is 22.3 Å². The molecule has 0 radical (unpaired) electrons. The molecule has 24 heteroatoms. The second kappa shape index (κ2) is 11.9. The minimum Gasteiger partial charge on any atom is -0.382 e. The van der Waals surface area contributed by atoms with Crippen molar-refractivity contribution in [1.82, 2.24) is 43.8 Å². The molecule has 2 aliphatic heterocycles. The van der Waals surface area contributed by atoms with Crippen LogP contribution in [-0.2, 0) is 33.0 Å². The van der Waals surface area contributed by atoms with E-state index in [0.29, 0.717) is 24.0 Å². The Bertz CT molecular complexity index is 1930. The molecule has 45 heavy (non-hydrogen) atoms. The third-order valence-corrected chi connectivity index (χ3v) is 8.64. The zero-order valence-electron chi connectivity index (χ0n) is 22.9. The Labute approximate surface area is 251 Å². The first-order valence-corrected chi connectivity index (χ1v) is 16.2. The topological polar surface area (TPSA) is 300 Å². The van der Waals surface area contributed by atoms with Gasteiger partial charge >= 0.3 is 18.1 Å². The molecule has 0 aromatic carbocycles. The number of alkyl halides is 1. The number of hydrogen-bond acceptors (Lipinski definition) is 15. The van der Waals surface area contributed by atoms with Crippen LogP contribution in [0.3, 0.4) is 0 Å². The fraction of sp³-hybridized carbons (Fsp3) is 0.524. The van der Waals surface area contributed by atoms with Crippen molar-refractivity contribution in [2.24, 2.45) is 0 Å². The highest BCUT2D eigenvalue weighted by molar-refractivity contribution is 7.84. The quantitative estimate of drug-likeness (QED) is 0.107. The molecule has 8 N–H and O–H groups in total. The number of ether oxygens (including phenoxy) is 2. The number of nitrogens with one attached hydrogen (secondary N) is 2. The third kappa shape index (κ3) is 6.66. The van der Waals surface area contributed by atoms with Gasteiger partial charge in [-0.15, -0.1) is 0 Å². The molecule has 0 spiro atoms. The molecule has 0 saturated carbocycles. The number of halogens is 1. The van der Waals surface area contributed by atoms with Gasteiger partial charge in [0.25, 0.3) is 5.56 Å². The summed E-state index contributed by atoms with van der Waals surface area (Å²) in [5.74, 6) is -0.0573. The van der Waals surface area contributed by atoms with E-state index in [1.165, 1.54) is 17.2 Å². The van der Waals surface area contributed by atoms with Crippen molar-refractivity contribution in [3.05, 3.63) is 29.3 Å². The molecule has 6 atom stereocenters. The van der Waals surface area contributed by atoms with Crippen LogP contribution in [0, 0.1) is 0 Å². The van der Waals surface area contributed by atoms with Gasteiger partial charge in [0.05, 0.1) is 25.4 Å². The summed E-state index contributed by atoms with van der Waals surface area (Å²) >= 11 is 0. The van der Waals surface area contributed by atoms with Gasteiger partial charge < -0.3 is 30.7 Å². The van der Waals surface area contributed by atoms with Crippen molar-refractivity contribution >= 4 is 52.2 Å². The molecule has 6 heterocycles. The van der Waals surface area contributed by atoms with Crippen molar-refractivity contribution in [2.45, 2.75) is 56.2 Å². The first-order valence-electron chi connectivity index (χ1n) is 13.3. The maximum absolute atomic E-state index is 15.6. The molecule has 4 aromatic rings. The number of aromatic amines is 1.